The van der Waals surface area contributed by atoms with E-state index in [0.29, 0.717) is 17.2 Å². The van der Waals surface area contributed by atoms with Crippen molar-refractivity contribution in [2.45, 2.75) is 39.2 Å². The molecule has 0 bridgehead atoms. The van der Waals surface area contributed by atoms with Crippen molar-refractivity contribution in [1.29, 1.82) is 0 Å². The molecule has 1 atom stereocenters. The number of amides is 2. The van der Waals surface area contributed by atoms with Crippen LogP contribution in [-0.2, 0) is 9.59 Å². The van der Waals surface area contributed by atoms with Crippen LogP contribution in [0.4, 0.5) is 10.8 Å². The van der Waals surface area contributed by atoms with Crippen molar-refractivity contribution in [1.82, 2.24) is 4.98 Å². The summed E-state index contributed by atoms with van der Waals surface area (Å²) in [5, 5.41) is 6.00. The highest BCUT2D eigenvalue weighted by molar-refractivity contribution is 7.22. The summed E-state index contributed by atoms with van der Waals surface area (Å²) >= 11 is 1.35. The first-order valence-corrected chi connectivity index (χ1v) is 7.92. The Balaban J connectivity index is 2.19. The van der Waals surface area contributed by atoms with Crippen molar-refractivity contribution in [2.24, 2.45) is 5.73 Å². The van der Waals surface area contributed by atoms with Crippen LogP contribution in [0.15, 0.2) is 18.2 Å². The van der Waals surface area contributed by atoms with Gasteiger partial charge in [-0.2, -0.15) is 0 Å². The number of nitrogens with two attached hydrogens (primary N) is 1. The summed E-state index contributed by atoms with van der Waals surface area (Å²) in [7, 11) is 0. The van der Waals surface area contributed by atoms with E-state index in [4.69, 9.17) is 5.73 Å². The molecule has 0 radical (unpaired) electrons. The van der Waals surface area contributed by atoms with Gasteiger partial charge in [-0.3, -0.25) is 9.59 Å². The van der Waals surface area contributed by atoms with E-state index in [1.54, 1.807) is 19.1 Å². The zero-order valence-corrected chi connectivity index (χ0v) is 13.7. The number of nitrogens with one attached hydrogen (secondary N) is 2. The number of carbonyl (C=O) groups excluding carboxylic acids is 2. The number of aromatic nitrogens is 1. The van der Waals surface area contributed by atoms with Crippen LogP contribution in [0.1, 0.15) is 33.6 Å². The quantitative estimate of drug-likeness (QED) is 0.789. The minimum atomic E-state index is -0.909. The Morgan fingerprint density at radius 1 is 1.36 bits per heavy atom. The maximum atomic E-state index is 12.2. The number of benzene rings is 1. The van der Waals surface area contributed by atoms with Gasteiger partial charge in [0.1, 0.15) is 0 Å². The molecule has 0 aliphatic carbocycles. The number of thiazole rings is 1. The first-order valence-electron chi connectivity index (χ1n) is 7.10. The van der Waals surface area contributed by atoms with Crippen LogP contribution in [0, 0.1) is 0 Å². The van der Waals surface area contributed by atoms with Gasteiger partial charge < -0.3 is 16.4 Å². The van der Waals surface area contributed by atoms with Crippen LogP contribution >= 0.6 is 11.3 Å². The number of anilines is 2. The number of hydrogen-bond donors (Lipinski definition) is 3. The second-order valence-corrected chi connectivity index (χ2v) is 6.53. The molecular weight excluding hydrogens is 300 g/mol. The van der Waals surface area contributed by atoms with Crippen molar-refractivity contribution in [2.75, 3.05) is 10.6 Å². The Morgan fingerprint density at radius 2 is 2.09 bits per heavy atom. The summed E-state index contributed by atoms with van der Waals surface area (Å²) in [6.07, 6.45) is 1.44. The van der Waals surface area contributed by atoms with Crippen LogP contribution < -0.4 is 16.4 Å². The molecule has 1 unspecified atom stereocenters. The van der Waals surface area contributed by atoms with Crippen molar-refractivity contribution >= 4 is 44.2 Å². The van der Waals surface area contributed by atoms with E-state index >= 15 is 0 Å². The standard InChI is InChI=1S/C15H20N4O2S/c1-4-7-15(3,16)13(21)19-14-18-11-6-5-10(17-9(2)20)8-12(11)22-14/h5-6,8H,4,7,16H2,1-3H3,(H,17,20)(H,18,19,21). The topological polar surface area (TPSA) is 97.1 Å². The molecule has 0 spiro atoms. The normalized spacial score (nSPS) is 13.6. The lowest BCUT2D eigenvalue weighted by atomic mass is 9.97. The van der Waals surface area contributed by atoms with Gasteiger partial charge >= 0.3 is 0 Å². The Morgan fingerprint density at radius 3 is 2.73 bits per heavy atom. The molecule has 2 rings (SSSR count). The highest BCUT2D eigenvalue weighted by Crippen LogP contribution is 2.29. The molecule has 7 heteroatoms. The molecule has 118 valence electrons. The van der Waals surface area contributed by atoms with E-state index < -0.39 is 5.54 Å². The number of fused-ring (bicyclic) bond motifs is 1. The molecule has 4 N–H and O–H groups in total. The van der Waals surface area contributed by atoms with Gasteiger partial charge in [0, 0.05) is 12.6 Å². The molecule has 1 aromatic heterocycles. The lowest BCUT2D eigenvalue weighted by molar-refractivity contribution is -0.120. The lowest BCUT2D eigenvalue weighted by Gasteiger charge is -2.21. The predicted molar refractivity (Wildman–Crippen MR) is 90.1 cm³/mol. The van der Waals surface area contributed by atoms with Crippen molar-refractivity contribution in [3.8, 4) is 0 Å². The first kappa shape index (κ1) is 16.4. The highest BCUT2D eigenvalue weighted by atomic mass is 32.1. The molecule has 0 saturated heterocycles. The van der Waals surface area contributed by atoms with E-state index in [1.807, 2.05) is 13.0 Å². The number of nitrogens with zero attached hydrogens (tertiary/aromatic N) is 1. The van der Waals surface area contributed by atoms with Gasteiger partial charge in [-0.1, -0.05) is 24.7 Å². The van der Waals surface area contributed by atoms with Crippen molar-refractivity contribution < 1.29 is 9.59 Å². The molecule has 1 heterocycles. The molecule has 22 heavy (non-hydrogen) atoms. The van der Waals surface area contributed by atoms with Gasteiger partial charge in [-0.15, -0.1) is 0 Å². The molecule has 0 fully saturated rings. The number of hydrogen-bond acceptors (Lipinski definition) is 5. The van der Waals surface area contributed by atoms with Crippen LogP contribution in [-0.4, -0.2) is 22.3 Å². The molecule has 1 aromatic carbocycles. The van der Waals surface area contributed by atoms with Gasteiger partial charge in [0.25, 0.3) is 0 Å². The third-order valence-electron chi connectivity index (χ3n) is 3.22. The summed E-state index contributed by atoms with van der Waals surface area (Å²) in [4.78, 5) is 27.6. The van der Waals surface area contributed by atoms with E-state index in [9.17, 15) is 9.59 Å². The third-order valence-corrected chi connectivity index (χ3v) is 4.15. The van der Waals surface area contributed by atoms with E-state index in [-0.39, 0.29) is 11.8 Å². The van der Waals surface area contributed by atoms with E-state index in [0.717, 1.165) is 16.6 Å². The van der Waals surface area contributed by atoms with Gasteiger partial charge in [0.2, 0.25) is 11.8 Å². The van der Waals surface area contributed by atoms with Crippen LogP contribution in [0.2, 0.25) is 0 Å². The summed E-state index contributed by atoms with van der Waals surface area (Å²) in [6, 6.07) is 5.41. The highest BCUT2D eigenvalue weighted by Gasteiger charge is 2.27. The van der Waals surface area contributed by atoms with Gasteiger partial charge in [-0.05, 0) is 31.5 Å². The monoisotopic (exact) mass is 320 g/mol. The average molecular weight is 320 g/mol. The maximum Gasteiger partial charge on any atom is 0.245 e. The van der Waals surface area contributed by atoms with Gasteiger partial charge in [-0.25, -0.2) is 4.98 Å². The van der Waals surface area contributed by atoms with Crippen LogP contribution in [0.3, 0.4) is 0 Å². The largest absolute Gasteiger partial charge is 0.326 e. The maximum absolute atomic E-state index is 12.2. The number of carbonyl (C=O) groups is 2. The third kappa shape index (κ3) is 3.80. The Hall–Kier alpha value is -1.99. The second kappa shape index (κ2) is 6.41. The van der Waals surface area contributed by atoms with Crippen molar-refractivity contribution in [3.05, 3.63) is 18.2 Å². The Labute approximate surface area is 133 Å². The van der Waals surface area contributed by atoms with E-state index in [2.05, 4.69) is 15.6 Å². The lowest BCUT2D eigenvalue weighted by Crippen LogP contribution is -2.48. The van der Waals surface area contributed by atoms with Crippen molar-refractivity contribution in [3.63, 3.8) is 0 Å². The van der Waals surface area contributed by atoms with E-state index in [1.165, 1.54) is 18.3 Å². The van der Waals surface area contributed by atoms with Gasteiger partial charge in [0.05, 0.1) is 15.8 Å². The summed E-state index contributed by atoms with van der Waals surface area (Å²) in [5.41, 5.74) is 6.57. The SMILES string of the molecule is CCCC(C)(N)C(=O)Nc1nc2ccc(NC(C)=O)cc2s1. The molecule has 6 nitrogen and oxygen atoms in total. The van der Waals surface area contributed by atoms with Crippen LogP contribution in [0.25, 0.3) is 10.2 Å². The first-order chi connectivity index (χ1) is 10.3. The zero-order chi connectivity index (χ0) is 16.3. The Bertz CT molecular complexity index is 709. The minimum absolute atomic E-state index is 0.129. The summed E-state index contributed by atoms with van der Waals surface area (Å²) in [6.45, 7) is 5.16. The average Bonchev–Trinajstić information content (AvgIpc) is 2.79. The molecule has 0 saturated carbocycles. The Kier molecular flexibility index (Phi) is 4.77. The summed E-state index contributed by atoms with van der Waals surface area (Å²) in [5.74, 6) is -0.369. The van der Waals surface area contributed by atoms with Gasteiger partial charge in [0.15, 0.2) is 5.13 Å². The number of rotatable bonds is 5. The molecule has 2 aromatic rings. The molecule has 2 amide bonds. The summed E-state index contributed by atoms with van der Waals surface area (Å²) < 4.78 is 0.885. The minimum Gasteiger partial charge on any atom is -0.326 e. The second-order valence-electron chi connectivity index (χ2n) is 5.50. The predicted octanol–water partition coefficient (Wildman–Crippen LogP) is 2.71. The molecular formula is C15H20N4O2S. The fraction of sp³-hybridized carbons (Fsp3) is 0.400. The molecule has 0 aliphatic heterocycles. The fourth-order valence-corrected chi connectivity index (χ4v) is 3.03. The zero-order valence-electron chi connectivity index (χ0n) is 12.9. The smallest absolute Gasteiger partial charge is 0.245 e. The fourth-order valence-electron chi connectivity index (χ4n) is 2.13. The molecule has 0 aliphatic rings. The van der Waals surface area contributed by atoms with Crippen LogP contribution in [0.5, 0.6) is 0 Å².